The van der Waals surface area contributed by atoms with E-state index in [2.05, 4.69) is 33.0 Å². The highest BCUT2D eigenvalue weighted by Gasteiger charge is 2.34. The van der Waals surface area contributed by atoms with Crippen molar-refractivity contribution in [3.05, 3.63) is 76.9 Å². The third kappa shape index (κ3) is 4.64. The van der Waals surface area contributed by atoms with Crippen LogP contribution in [0.4, 0.5) is 5.69 Å². The van der Waals surface area contributed by atoms with Crippen molar-refractivity contribution in [3.8, 4) is 11.4 Å². The Hall–Kier alpha value is -3.58. The Morgan fingerprint density at radius 1 is 1.08 bits per heavy atom. The molecule has 3 aliphatic rings. The average Bonchev–Trinajstić information content (AvgIpc) is 3.56. The van der Waals surface area contributed by atoms with Gasteiger partial charge in [-0.1, -0.05) is 12.1 Å². The number of anilines is 1. The van der Waals surface area contributed by atoms with Crippen LogP contribution >= 0.6 is 0 Å². The van der Waals surface area contributed by atoms with Gasteiger partial charge >= 0.3 is 0 Å². The summed E-state index contributed by atoms with van der Waals surface area (Å²) in [6.45, 7) is 6.23. The van der Waals surface area contributed by atoms with Crippen LogP contribution in [0.2, 0.25) is 0 Å². The van der Waals surface area contributed by atoms with Gasteiger partial charge in [-0.3, -0.25) is 4.79 Å². The van der Waals surface area contributed by atoms with E-state index in [9.17, 15) is 4.79 Å². The van der Waals surface area contributed by atoms with Crippen molar-refractivity contribution in [2.24, 2.45) is 0 Å². The third-order valence-corrected chi connectivity index (χ3v) is 7.84. The molecule has 2 aromatic carbocycles. The number of aromatic nitrogens is 2. The summed E-state index contributed by atoms with van der Waals surface area (Å²) in [5.41, 5.74) is 7.70. The number of hydrogen-bond donors (Lipinski definition) is 0. The van der Waals surface area contributed by atoms with E-state index in [4.69, 9.17) is 9.47 Å². The number of methoxy groups -OCH3 is 1. The van der Waals surface area contributed by atoms with E-state index in [0.717, 1.165) is 86.8 Å². The molecule has 2 fully saturated rings. The van der Waals surface area contributed by atoms with Crippen molar-refractivity contribution in [2.45, 2.75) is 38.6 Å². The number of carbonyl (C=O) groups is 1. The van der Waals surface area contributed by atoms with Gasteiger partial charge in [-0.15, -0.1) is 0 Å². The molecule has 2 aliphatic heterocycles. The number of hydrogen-bond acceptors (Lipinski definition) is 5. The Bertz CT molecular complexity index is 1340. The smallest absolute Gasteiger partial charge is 0.250 e. The zero-order chi connectivity index (χ0) is 25.4. The molecule has 1 atom stereocenters. The molecule has 6 rings (SSSR count). The monoisotopic (exact) mass is 498 g/mol. The third-order valence-electron chi connectivity index (χ3n) is 7.84. The highest BCUT2D eigenvalue weighted by molar-refractivity contribution is 5.99. The highest BCUT2D eigenvalue weighted by Crippen LogP contribution is 2.40. The Morgan fingerprint density at radius 3 is 2.73 bits per heavy atom. The SMILES string of the molecule is COc1cc(C=C2CCCN(C3CCc4cc(N5CCOCC5)ccc43)C2=O)ccc1-n1cnc(C)c1. The standard InChI is InChI=1S/C30H34N4O3/c1-21-19-33(20-31-21)28-9-5-22(17-29(28)36-2)16-24-4-3-11-34(30(24)35)27-10-6-23-18-25(7-8-26(23)27)32-12-14-37-15-13-32/h5,7-9,16-20,27H,3-4,6,10-15H2,1-2H3. The number of morpholine rings is 1. The van der Waals surface area contributed by atoms with Crippen LogP contribution in [0.3, 0.4) is 0 Å². The lowest BCUT2D eigenvalue weighted by Crippen LogP contribution is -2.39. The maximum Gasteiger partial charge on any atom is 0.250 e. The molecule has 1 amide bonds. The number of ether oxygens (including phenoxy) is 2. The average molecular weight is 499 g/mol. The van der Waals surface area contributed by atoms with Gasteiger partial charge in [0.15, 0.2) is 0 Å². The molecule has 2 saturated heterocycles. The van der Waals surface area contributed by atoms with Crippen molar-refractivity contribution >= 4 is 17.7 Å². The van der Waals surface area contributed by atoms with E-state index >= 15 is 0 Å². The Morgan fingerprint density at radius 2 is 1.95 bits per heavy atom. The van der Waals surface area contributed by atoms with Crippen LogP contribution in [0, 0.1) is 6.92 Å². The van der Waals surface area contributed by atoms with Crippen molar-refractivity contribution in [3.63, 3.8) is 0 Å². The van der Waals surface area contributed by atoms with Crippen molar-refractivity contribution in [2.75, 3.05) is 44.9 Å². The number of carbonyl (C=O) groups excluding carboxylic acids is 1. The van der Waals surface area contributed by atoms with Gasteiger partial charge in [-0.25, -0.2) is 4.98 Å². The Kier molecular flexibility index (Phi) is 6.47. The first-order valence-electron chi connectivity index (χ1n) is 13.3. The van der Waals surface area contributed by atoms with Gasteiger partial charge in [0.05, 0.1) is 44.1 Å². The van der Waals surface area contributed by atoms with Crippen molar-refractivity contribution < 1.29 is 14.3 Å². The number of likely N-dealkylation sites (tertiary alicyclic amines) is 1. The molecule has 7 heteroatoms. The Balaban J connectivity index is 1.22. The first-order chi connectivity index (χ1) is 18.1. The minimum Gasteiger partial charge on any atom is -0.495 e. The summed E-state index contributed by atoms with van der Waals surface area (Å²) >= 11 is 0. The van der Waals surface area contributed by atoms with Gasteiger partial charge in [0.25, 0.3) is 0 Å². The summed E-state index contributed by atoms with van der Waals surface area (Å²) in [6, 6.07) is 13.0. The van der Waals surface area contributed by atoms with E-state index in [0.29, 0.717) is 0 Å². The molecular weight excluding hydrogens is 464 g/mol. The molecule has 0 radical (unpaired) electrons. The van der Waals surface area contributed by atoms with Gasteiger partial charge in [0, 0.05) is 37.1 Å². The van der Waals surface area contributed by atoms with Crippen molar-refractivity contribution in [1.82, 2.24) is 14.5 Å². The number of amides is 1. The van der Waals surface area contributed by atoms with Crippen LogP contribution in [0.15, 0.2) is 54.5 Å². The molecule has 0 bridgehead atoms. The van der Waals surface area contributed by atoms with E-state index in [1.54, 1.807) is 13.4 Å². The summed E-state index contributed by atoms with van der Waals surface area (Å²) in [7, 11) is 1.68. The second-order valence-corrected chi connectivity index (χ2v) is 10.2. The van der Waals surface area contributed by atoms with Crippen molar-refractivity contribution in [1.29, 1.82) is 0 Å². The molecule has 0 spiro atoms. The molecule has 7 nitrogen and oxygen atoms in total. The van der Waals surface area contributed by atoms with E-state index in [-0.39, 0.29) is 11.9 Å². The molecule has 1 aliphatic carbocycles. The minimum atomic E-state index is 0.159. The van der Waals surface area contributed by atoms with Crippen LogP contribution in [-0.4, -0.2) is 60.3 Å². The largest absolute Gasteiger partial charge is 0.495 e. The molecular formula is C30H34N4O3. The fourth-order valence-corrected chi connectivity index (χ4v) is 5.94. The normalized spacial score (nSPS) is 21.0. The highest BCUT2D eigenvalue weighted by atomic mass is 16.5. The van der Waals surface area contributed by atoms with Gasteiger partial charge in [-0.2, -0.15) is 0 Å². The fourth-order valence-electron chi connectivity index (χ4n) is 5.94. The molecule has 37 heavy (non-hydrogen) atoms. The van der Waals surface area contributed by atoms with Crippen LogP contribution in [0.25, 0.3) is 11.8 Å². The van der Waals surface area contributed by atoms with Gasteiger partial charge < -0.3 is 23.8 Å². The Labute approximate surface area is 218 Å². The number of aryl methyl sites for hydroxylation is 2. The quantitative estimate of drug-likeness (QED) is 0.477. The van der Waals surface area contributed by atoms with E-state index < -0.39 is 0 Å². The predicted molar refractivity (Wildman–Crippen MR) is 144 cm³/mol. The summed E-state index contributed by atoms with van der Waals surface area (Å²) in [6.07, 6.45) is 9.60. The molecule has 1 unspecified atom stereocenters. The molecule has 192 valence electrons. The van der Waals surface area contributed by atoms with Gasteiger partial charge in [-0.05, 0) is 79.6 Å². The van der Waals surface area contributed by atoms with Crippen LogP contribution in [0.1, 0.15) is 47.7 Å². The molecule has 3 heterocycles. The number of rotatable bonds is 5. The summed E-state index contributed by atoms with van der Waals surface area (Å²) in [5.74, 6) is 0.919. The number of fused-ring (bicyclic) bond motifs is 1. The molecule has 0 N–H and O–H groups in total. The van der Waals surface area contributed by atoms with E-state index in [1.807, 2.05) is 42.0 Å². The van der Waals surface area contributed by atoms with Crippen LogP contribution < -0.4 is 9.64 Å². The predicted octanol–water partition coefficient (Wildman–Crippen LogP) is 4.72. The number of imidazole rings is 1. The lowest BCUT2D eigenvalue weighted by Gasteiger charge is -2.34. The molecule has 1 aromatic heterocycles. The maximum atomic E-state index is 13.7. The fraction of sp³-hybridized carbons (Fsp3) is 0.400. The van der Waals surface area contributed by atoms with Crippen LogP contribution in [0.5, 0.6) is 5.75 Å². The summed E-state index contributed by atoms with van der Waals surface area (Å²) in [5, 5.41) is 0. The first-order valence-corrected chi connectivity index (χ1v) is 13.3. The number of piperidine rings is 1. The number of benzene rings is 2. The summed E-state index contributed by atoms with van der Waals surface area (Å²) in [4.78, 5) is 22.5. The minimum absolute atomic E-state index is 0.159. The summed E-state index contributed by atoms with van der Waals surface area (Å²) < 4.78 is 13.1. The lowest BCUT2D eigenvalue weighted by molar-refractivity contribution is -0.131. The van der Waals surface area contributed by atoms with Gasteiger partial charge in [0.2, 0.25) is 5.91 Å². The zero-order valence-electron chi connectivity index (χ0n) is 21.7. The zero-order valence-corrected chi connectivity index (χ0v) is 21.7. The molecule has 3 aromatic rings. The van der Waals surface area contributed by atoms with E-state index in [1.165, 1.54) is 16.8 Å². The number of nitrogens with zero attached hydrogens (tertiary/aromatic N) is 4. The first kappa shape index (κ1) is 23.8. The second kappa shape index (κ2) is 10.1. The second-order valence-electron chi connectivity index (χ2n) is 10.2. The van der Waals surface area contributed by atoms with Crippen LogP contribution in [-0.2, 0) is 16.0 Å². The lowest BCUT2D eigenvalue weighted by atomic mass is 9.97. The topological polar surface area (TPSA) is 59.8 Å². The molecule has 0 saturated carbocycles. The van der Waals surface area contributed by atoms with Gasteiger partial charge in [0.1, 0.15) is 5.75 Å². The maximum absolute atomic E-state index is 13.7.